The van der Waals surface area contributed by atoms with Crippen LogP contribution >= 0.6 is 0 Å². The van der Waals surface area contributed by atoms with Crippen molar-refractivity contribution in [3.8, 4) is 0 Å². The normalized spacial score (nSPS) is 22.5. The Kier molecular flexibility index (Phi) is 9.89. The van der Waals surface area contributed by atoms with E-state index in [2.05, 4.69) is 22.5 Å². The number of benzene rings is 1. The molecule has 4 rings (SSSR count). The van der Waals surface area contributed by atoms with Crippen molar-refractivity contribution in [3.05, 3.63) is 59.8 Å². The summed E-state index contributed by atoms with van der Waals surface area (Å²) in [5.41, 5.74) is 1.86. The number of pyridine rings is 1. The molecule has 2 fully saturated rings. The number of carbonyl (C=O) groups excluding carboxylic acids is 3. The van der Waals surface area contributed by atoms with E-state index in [-0.39, 0.29) is 24.8 Å². The van der Waals surface area contributed by atoms with E-state index in [9.17, 15) is 14.4 Å². The minimum atomic E-state index is -0.751. The third-order valence-corrected chi connectivity index (χ3v) is 6.98. The maximum atomic E-state index is 13.2. The van der Waals surface area contributed by atoms with Gasteiger partial charge in [-0.05, 0) is 49.9 Å². The van der Waals surface area contributed by atoms with Gasteiger partial charge in [0.15, 0.2) is 12.5 Å². The van der Waals surface area contributed by atoms with Crippen molar-refractivity contribution in [1.29, 1.82) is 0 Å². The van der Waals surface area contributed by atoms with Gasteiger partial charge in [-0.1, -0.05) is 56.5 Å². The maximum absolute atomic E-state index is 13.2. The molecular formula is C29H38N4O6. The summed E-state index contributed by atoms with van der Waals surface area (Å²) in [6.07, 6.45) is 4.43. The number of β-lactam (4-membered cyclic amide) rings is 1. The molecule has 10 nitrogen and oxygen atoms in total. The second-order valence-electron chi connectivity index (χ2n) is 9.87. The predicted molar refractivity (Wildman–Crippen MR) is 144 cm³/mol. The van der Waals surface area contributed by atoms with Crippen molar-refractivity contribution < 1.29 is 28.6 Å². The Labute approximate surface area is 229 Å². The number of ether oxygens (including phenoxy) is 3. The van der Waals surface area contributed by atoms with Gasteiger partial charge in [-0.2, -0.15) is 0 Å². The molecule has 210 valence electrons. The fraction of sp³-hybridized carbons (Fsp3) is 0.517. The Morgan fingerprint density at radius 3 is 2.64 bits per heavy atom. The zero-order valence-corrected chi connectivity index (χ0v) is 22.8. The smallest absolute Gasteiger partial charge is 0.412 e. The van der Waals surface area contributed by atoms with Gasteiger partial charge in [0.25, 0.3) is 0 Å². The van der Waals surface area contributed by atoms with Crippen LogP contribution in [0.15, 0.2) is 48.7 Å². The molecule has 2 aliphatic rings. The van der Waals surface area contributed by atoms with Gasteiger partial charge in [-0.3, -0.25) is 20.3 Å². The summed E-state index contributed by atoms with van der Waals surface area (Å²) in [5, 5.41) is 6.00. The molecule has 2 N–H and O–H groups in total. The van der Waals surface area contributed by atoms with E-state index in [1.807, 2.05) is 37.3 Å². The number of hydrogen-bond donors (Lipinski definition) is 2. The minimum Gasteiger partial charge on any atom is -0.464 e. The largest absolute Gasteiger partial charge is 0.464 e. The Bertz CT molecular complexity index is 1130. The molecule has 2 amide bonds. The van der Waals surface area contributed by atoms with E-state index >= 15 is 0 Å². The lowest BCUT2D eigenvalue weighted by Gasteiger charge is -2.44. The van der Waals surface area contributed by atoms with Crippen LogP contribution in [-0.4, -0.2) is 59.6 Å². The van der Waals surface area contributed by atoms with Gasteiger partial charge in [0.2, 0.25) is 5.91 Å². The SMILES string of the molecule is CCCCCCOC(=O)Nc1cc(C[C@H]2C(=O)N(C3OC3NC(C)c3ccccc3)[C@@H]2C(=O)OCC)ccn1. The van der Waals surface area contributed by atoms with Crippen molar-refractivity contribution >= 4 is 23.8 Å². The van der Waals surface area contributed by atoms with Gasteiger partial charge in [0, 0.05) is 12.2 Å². The summed E-state index contributed by atoms with van der Waals surface area (Å²) >= 11 is 0. The molecule has 1 aromatic heterocycles. The van der Waals surface area contributed by atoms with Crippen molar-refractivity contribution in [2.75, 3.05) is 18.5 Å². The molecule has 0 radical (unpaired) electrons. The van der Waals surface area contributed by atoms with Crippen LogP contribution in [-0.2, 0) is 30.2 Å². The van der Waals surface area contributed by atoms with Crippen molar-refractivity contribution in [3.63, 3.8) is 0 Å². The first-order chi connectivity index (χ1) is 18.9. The van der Waals surface area contributed by atoms with Crippen LogP contribution in [0, 0.1) is 5.92 Å². The molecule has 0 aliphatic carbocycles. The Balaban J connectivity index is 1.34. The summed E-state index contributed by atoms with van der Waals surface area (Å²) in [7, 11) is 0. The number of rotatable bonds is 14. The van der Waals surface area contributed by atoms with Crippen LogP contribution < -0.4 is 10.6 Å². The fourth-order valence-corrected chi connectivity index (χ4v) is 4.84. The van der Waals surface area contributed by atoms with E-state index in [0.29, 0.717) is 18.8 Å². The number of carbonyl (C=O) groups is 3. The number of esters is 1. The molecule has 3 unspecified atom stereocenters. The number of nitrogens with zero attached hydrogens (tertiary/aromatic N) is 2. The van der Waals surface area contributed by atoms with Crippen LogP contribution in [0.3, 0.4) is 0 Å². The van der Waals surface area contributed by atoms with E-state index < -0.39 is 30.3 Å². The molecule has 5 atom stereocenters. The molecule has 3 heterocycles. The van der Waals surface area contributed by atoms with Crippen molar-refractivity contribution in [1.82, 2.24) is 15.2 Å². The monoisotopic (exact) mass is 538 g/mol. The van der Waals surface area contributed by atoms with Gasteiger partial charge in [-0.15, -0.1) is 0 Å². The predicted octanol–water partition coefficient (Wildman–Crippen LogP) is 4.18. The summed E-state index contributed by atoms with van der Waals surface area (Å²) < 4.78 is 16.3. The second kappa shape index (κ2) is 13.5. The van der Waals surface area contributed by atoms with Crippen LogP contribution in [0.25, 0.3) is 0 Å². The molecule has 0 bridgehead atoms. The van der Waals surface area contributed by atoms with Gasteiger partial charge < -0.3 is 14.2 Å². The first-order valence-corrected chi connectivity index (χ1v) is 13.8. The fourth-order valence-electron chi connectivity index (χ4n) is 4.84. The van der Waals surface area contributed by atoms with Crippen molar-refractivity contribution in [2.24, 2.45) is 5.92 Å². The van der Waals surface area contributed by atoms with Crippen molar-refractivity contribution in [2.45, 2.75) is 77.4 Å². The molecular weight excluding hydrogens is 500 g/mol. The molecule has 10 heteroatoms. The first-order valence-electron chi connectivity index (χ1n) is 13.8. The van der Waals surface area contributed by atoms with Crippen LogP contribution in [0.1, 0.15) is 63.6 Å². The molecule has 2 aromatic rings. The lowest BCUT2D eigenvalue weighted by Crippen LogP contribution is -2.66. The van der Waals surface area contributed by atoms with Crippen LogP contribution in [0.5, 0.6) is 0 Å². The first kappa shape index (κ1) is 28.5. The Hall–Kier alpha value is -3.50. The summed E-state index contributed by atoms with van der Waals surface area (Å²) in [6, 6.07) is 12.7. The van der Waals surface area contributed by atoms with E-state index in [0.717, 1.165) is 36.8 Å². The standard InChI is InChI=1S/C29H38N4O6/c1-4-6-7-11-16-38-29(36)32-23-18-20(14-15-30-23)17-22-24(28(35)37-5-2)33(26(22)34)27-25(39-27)31-19(3)21-12-9-8-10-13-21/h8-10,12-15,18-19,22,24-25,27,31H,4-7,11,16-17H2,1-3H3,(H,30,32,36)/t19?,22-,24+,25?,27?/m1/s1. The summed E-state index contributed by atoms with van der Waals surface area (Å²) in [5.74, 6) is -0.896. The third-order valence-electron chi connectivity index (χ3n) is 6.98. The molecule has 2 aliphatic heterocycles. The summed E-state index contributed by atoms with van der Waals surface area (Å²) in [6.45, 7) is 6.45. The number of nitrogens with one attached hydrogen (secondary N) is 2. The molecule has 2 saturated heterocycles. The van der Waals surface area contributed by atoms with E-state index in [1.54, 1.807) is 25.3 Å². The quantitative estimate of drug-likeness (QED) is 0.159. The van der Waals surface area contributed by atoms with Gasteiger partial charge in [-0.25, -0.2) is 14.6 Å². The molecule has 0 spiro atoms. The lowest BCUT2D eigenvalue weighted by molar-refractivity contribution is -0.177. The zero-order valence-electron chi connectivity index (χ0n) is 22.8. The van der Waals surface area contributed by atoms with Gasteiger partial charge >= 0.3 is 12.1 Å². The Morgan fingerprint density at radius 1 is 1.10 bits per heavy atom. The average molecular weight is 539 g/mol. The zero-order chi connectivity index (χ0) is 27.8. The van der Waals surface area contributed by atoms with Crippen LogP contribution in [0.2, 0.25) is 0 Å². The highest BCUT2D eigenvalue weighted by Gasteiger charge is 2.61. The second-order valence-corrected chi connectivity index (χ2v) is 9.87. The number of aromatic nitrogens is 1. The van der Waals surface area contributed by atoms with E-state index in [4.69, 9.17) is 14.2 Å². The number of amides is 2. The van der Waals surface area contributed by atoms with Crippen LogP contribution in [0.4, 0.5) is 10.6 Å². The number of unbranched alkanes of at least 4 members (excludes halogenated alkanes) is 3. The molecule has 39 heavy (non-hydrogen) atoms. The molecule has 0 saturated carbocycles. The van der Waals surface area contributed by atoms with Gasteiger partial charge in [0.1, 0.15) is 11.9 Å². The van der Waals surface area contributed by atoms with Gasteiger partial charge in [0.05, 0.1) is 19.1 Å². The third kappa shape index (κ3) is 7.33. The number of hydrogen-bond acceptors (Lipinski definition) is 8. The number of epoxide rings is 1. The highest BCUT2D eigenvalue weighted by atomic mass is 16.6. The highest BCUT2D eigenvalue weighted by molar-refractivity contribution is 5.97. The average Bonchev–Trinajstić information content (AvgIpc) is 3.68. The summed E-state index contributed by atoms with van der Waals surface area (Å²) in [4.78, 5) is 43.9. The minimum absolute atomic E-state index is 0.0141. The highest BCUT2D eigenvalue weighted by Crippen LogP contribution is 2.40. The van der Waals surface area contributed by atoms with E-state index in [1.165, 1.54) is 4.90 Å². The maximum Gasteiger partial charge on any atom is 0.412 e. The number of likely N-dealkylation sites (tertiary alicyclic amines) is 1. The number of anilines is 1. The molecule has 1 aromatic carbocycles. The topological polar surface area (TPSA) is 122 Å². The lowest BCUT2D eigenvalue weighted by atomic mass is 9.82. The Morgan fingerprint density at radius 2 is 1.90 bits per heavy atom.